The first-order valence-corrected chi connectivity index (χ1v) is 8.68. The van der Waals surface area contributed by atoms with Crippen LogP contribution in [0.1, 0.15) is 56.6 Å². The van der Waals surface area contributed by atoms with Gasteiger partial charge in [-0.3, -0.25) is 10.2 Å². The minimum absolute atomic E-state index is 0.0344. The largest absolute Gasteiger partial charge is 0.353 e. The van der Waals surface area contributed by atoms with Crippen LogP contribution in [0.25, 0.3) is 0 Å². The van der Waals surface area contributed by atoms with Crippen molar-refractivity contribution >= 4 is 5.91 Å². The van der Waals surface area contributed by atoms with Gasteiger partial charge in [0.15, 0.2) is 0 Å². The minimum atomic E-state index is -0.0344. The van der Waals surface area contributed by atoms with Crippen LogP contribution in [0.4, 0.5) is 0 Å². The maximum atomic E-state index is 12.7. The minimum Gasteiger partial charge on any atom is -0.353 e. The fourth-order valence-electron chi connectivity index (χ4n) is 3.63. The van der Waals surface area contributed by atoms with Crippen LogP contribution in [0.3, 0.4) is 0 Å². The molecule has 120 valence electrons. The maximum absolute atomic E-state index is 12.7. The Bertz CT molecular complexity index is 468. The van der Waals surface area contributed by atoms with E-state index in [2.05, 4.69) is 28.3 Å². The second kappa shape index (κ2) is 7.75. The number of benzene rings is 1. The molecular formula is C18H27N3O. The van der Waals surface area contributed by atoms with E-state index >= 15 is 0 Å². The molecule has 1 saturated heterocycles. The number of carbonyl (C=O) groups excluding carboxylic acids is 1. The maximum Gasteiger partial charge on any atom is 0.226 e. The van der Waals surface area contributed by atoms with Crippen LogP contribution in [0.5, 0.6) is 0 Å². The highest BCUT2D eigenvalue weighted by Crippen LogP contribution is 2.25. The molecule has 1 aromatic rings. The second-order valence-electron chi connectivity index (χ2n) is 6.57. The first-order valence-electron chi connectivity index (χ1n) is 8.68. The smallest absolute Gasteiger partial charge is 0.226 e. The Balaban J connectivity index is 1.60. The van der Waals surface area contributed by atoms with Crippen LogP contribution in [0.15, 0.2) is 30.3 Å². The van der Waals surface area contributed by atoms with Crippen molar-refractivity contribution < 1.29 is 4.79 Å². The molecule has 0 radical (unpaired) electrons. The Labute approximate surface area is 133 Å². The quantitative estimate of drug-likeness (QED) is 0.804. The van der Waals surface area contributed by atoms with Gasteiger partial charge in [0.2, 0.25) is 5.91 Å². The third-order valence-electron chi connectivity index (χ3n) is 4.93. The zero-order chi connectivity index (χ0) is 15.2. The summed E-state index contributed by atoms with van der Waals surface area (Å²) in [5.74, 6) is 0.157. The van der Waals surface area contributed by atoms with Crippen LogP contribution >= 0.6 is 0 Å². The van der Waals surface area contributed by atoms with Gasteiger partial charge < -0.3 is 5.32 Å². The van der Waals surface area contributed by atoms with Crippen molar-refractivity contribution in [3.63, 3.8) is 0 Å². The molecule has 0 aromatic heterocycles. The van der Waals surface area contributed by atoms with Gasteiger partial charge in [0.1, 0.15) is 0 Å². The summed E-state index contributed by atoms with van der Waals surface area (Å²) in [6.45, 7) is 0.693. The van der Waals surface area contributed by atoms with Crippen LogP contribution in [-0.4, -0.2) is 18.5 Å². The van der Waals surface area contributed by atoms with Gasteiger partial charge in [-0.1, -0.05) is 62.4 Å². The van der Waals surface area contributed by atoms with Crippen molar-refractivity contribution in [2.75, 3.05) is 6.54 Å². The molecule has 2 fully saturated rings. The molecule has 2 atom stereocenters. The SMILES string of the molecule is O=C(NC1CCCCCCC1)C1CNNC1c1ccccc1. The first kappa shape index (κ1) is 15.5. The Kier molecular flexibility index (Phi) is 5.46. The summed E-state index contributed by atoms with van der Waals surface area (Å²) in [6.07, 6.45) is 8.73. The fraction of sp³-hybridized carbons (Fsp3) is 0.611. The van der Waals surface area contributed by atoms with E-state index in [1.54, 1.807) is 0 Å². The molecule has 1 aliphatic carbocycles. The summed E-state index contributed by atoms with van der Waals surface area (Å²) >= 11 is 0. The molecule has 4 heteroatoms. The van der Waals surface area contributed by atoms with Gasteiger partial charge in [-0.05, 0) is 18.4 Å². The molecule has 3 rings (SSSR count). The summed E-state index contributed by atoms with van der Waals surface area (Å²) in [7, 11) is 0. The topological polar surface area (TPSA) is 53.2 Å². The lowest BCUT2D eigenvalue weighted by Gasteiger charge is -2.24. The average molecular weight is 301 g/mol. The fourth-order valence-corrected chi connectivity index (χ4v) is 3.63. The van der Waals surface area contributed by atoms with Gasteiger partial charge in [-0.25, -0.2) is 5.43 Å². The zero-order valence-corrected chi connectivity index (χ0v) is 13.2. The predicted molar refractivity (Wildman–Crippen MR) is 88.1 cm³/mol. The standard InChI is InChI=1S/C18H27N3O/c22-18(20-15-11-7-2-1-3-8-12-15)16-13-19-21-17(16)14-9-5-4-6-10-14/h4-6,9-10,15-17,19,21H,1-3,7-8,11-13H2,(H,20,22). The molecule has 1 amide bonds. The third kappa shape index (κ3) is 3.87. The Hall–Kier alpha value is -1.39. The van der Waals surface area contributed by atoms with E-state index < -0.39 is 0 Å². The van der Waals surface area contributed by atoms with Crippen LogP contribution in [-0.2, 0) is 4.79 Å². The van der Waals surface area contributed by atoms with Crippen molar-refractivity contribution in [2.24, 2.45) is 5.92 Å². The molecule has 1 heterocycles. The highest BCUT2D eigenvalue weighted by atomic mass is 16.2. The zero-order valence-electron chi connectivity index (χ0n) is 13.2. The van der Waals surface area contributed by atoms with Gasteiger partial charge in [0.25, 0.3) is 0 Å². The monoisotopic (exact) mass is 301 g/mol. The number of amides is 1. The van der Waals surface area contributed by atoms with E-state index in [4.69, 9.17) is 0 Å². The molecule has 22 heavy (non-hydrogen) atoms. The number of hydrogen-bond acceptors (Lipinski definition) is 3. The average Bonchev–Trinajstić information content (AvgIpc) is 3.00. The second-order valence-corrected chi connectivity index (χ2v) is 6.57. The summed E-state index contributed by atoms with van der Waals surface area (Å²) in [5.41, 5.74) is 7.57. The third-order valence-corrected chi connectivity index (χ3v) is 4.93. The number of rotatable bonds is 3. The van der Waals surface area contributed by atoms with Crippen LogP contribution < -0.4 is 16.2 Å². The van der Waals surface area contributed by atoms with E-state index in [0.717, 1.165) is 12.8 Å². The molecule has 1 saturated carbocycles. The summed E-state index contributed by atoms with van der Waals surface area (Å²) in [6, 6.07) is 10.7. The molecule has 1 aromatic carbocycles. The number of hydrogen-bond donors (Lipinski definition) is 3. The number of carbonyl (C=O) groups is 1. The van der Waals surface area contributed by atoms with Crippen molar-refractivity contribution in [3.05, 3.63) is 35.9 Å². The lowest BCUT2D eigenvalue weighted by Crippen LogP contribution is -2.41. The Morgan fingerprint density at radius 1 is 1.00 bits per heavy atom. The summed E-state index contributed by atoms with van der Waals surface area (Å²) in [4.78, 5) is 12.7. The van der Waals surface area contributed by atoms with E-state index in [1.807, 2.05) is 18.2 Å². The normalized spacial score (nSPS) is 27.1. The van der Waals surface area contributed by atoms with Gasteiger partial charge in [-0.2, -0.15) is 0 Å². The highest BCUT2D eigenvalue weighted by molar-refractivity contribution is 5.80. The lowest BCUT2D eigenvalue weighted by atomic mass is 9.92. The van der Waals surface area contributed by atoms with Gasteiger partial charge >= 0.3 is 0 Å². The predicted octanol–water partition coefficient (Wildman–Crippen LogP) is 2.68. The molecule has 1 aliphatic heterocycles. The molecule has 3 N–H and O–H groups in total. The molecular weight excluding hydrogens is 274 g/mol. The van der Waals surface area contributed by atoms with Gasteiger partial charge in [0.05, 0.1) is 12.0 Å². The lowest BCUT2D eigenvalue weighted by molar-refractivity contribution is -0.125. The van der Waals surface area contributed by atoms with Crippen molar-refractivity contribution in [1.29, 1.82) is 0 Å². The molecule has 4 nitrogen and oxygen atoms in total. The number of nitrogens with one attached hydrogen (secondary N) is 3. The summed E-state index contributed by atoms with van der Waals surface area (Å²) in [5, 5.41) is 3.31. The van der Waals surface area contributed by atoms with Crippen molar-refractivity contribution in [3.8, 4) is 0 Å². The van der Waals surface area contributed by atoms with E-state index in [1.165, 1.54) is 37.7 Å². The van der Waals surface area contributed by atoms with E-state index in [9.17, 15) is 4.79 Å². The van der Waals surface area contributed by atoms with E-state index in [-0.39, 0.29) is 17.9 Å². The van der Waals surface area contributed by atoms with Crippen molar-refractivity contribution in [2.45, 2.75) is 57.0 Å². The van der Waals surface area contributed by atoms with Crippen LogP contribution in [0, 0.1) is 5.92 Å². The van der Waals surface area contributed by atoms with Gasteiger partial charge in [-0.15, -0.1) is 0 Å². The van der Waals surface area contributed by atoms with Crippen LogP contribution in [0.2, 0.25) is 0 Å². The first-order chi connectivity index (χ1) is 10.8. The molecule has 2 unspecified atom stereocenters. The number of hydrazine groups is 1. The van der Waals surface area contributed by atoms with E-state index in [0.29, 0.717) is 12.6 Å². The molecule has 0 spiro atoms. The van der Waals surface area contributed by atoms with Gasteiger partial charge in [0, 0.05) is 12.6 Å². The summed E-state index contributed by atoms with van der Waals surface area (Å²) < 4.78 is 0. The Morgan fingerprint density at radius 2 is 1.68 bits per heavy atom. The molecule has 2 aliphatic rings. The Morgan fingerprint density at radius 3 is 2.41 bits per heavy atom. The highest BCUT2D eigenvalue weighted by Gasteiger charge is 2.34. The molecule has 0 bridgehead atoms. The van der Waals surface area contributed by atoms with Crippen molar-refractivity contribution in [1.82, 2.24) is 16.2 Å².